The zero-order chi connectivity index (χ0) is 18.8. The molecule has 138 valence electrons. The lowest BCUT2D eigenvalue weighted by molar-refractivity contribution is 0.00974. The predicted molar refractivity (Wildman–Crippen MR) is 95.4 cm³/mol. The largest absolute Gasteiger partial charge is 0.444 e. The quantitative estimate of drug-likeness (QED) is 0.722. The summed E-state index contributed by atoms with van der Waals surface area (Å²) in [5.74, 6) is -1.31. The van der Waals surface area contributed by atoms with Gasteiger partial charge in [0.15, 0.2) is 0 Å². The summed E-state index contributed by atoms with van der Waals surface area (Å²) in [6.07, 6.45) is -0.387. The van der Waals surface area contributed by atoms with E-state index in [0.717, 1.165) is 0 Å². The van der Waals surface area contributed by atoms with Crippen molar-refractivity contribution in [3.63, 3.8) is 0 Å². The van der Waals surface area contributed by atoms with Crippen molar-refractivity contribution in [1.82, 2.24) is 15.3 Å². The third kappa shape index (κ3) is 5.30. The lowest BCUT2D eigenvalue weighted by Crippen LogP contribution is -2.55. The fourth-order valence-electron chi connectivity index (χ4n) is 2.36. The molecule has 1 heterocycles. The Hall–Kier alpha value is -1.87. The predicted octanol–water partition coefficient (Wildman–Crippen LogP) is 2.37. The maximum absolute atomic E-state index is 14.0. The van der Waals surface area contributed by atoms with Crippen molar-refractivity contribution < 1.29 is 18.7 Å². The Morgan fingerprint density at radius 3 is 2.36 bits per heavy atom. The summed E-state index contributed by atoms with van der Waals surface area (Å²) in [5.41, 5.74) is 7.65. The van der Waals surface area contributed by atoms with Crippen molar-refractivity contribution in [3.8, 4) is 0 Å². The van der Waals surface area contributed by atoms with Crippen LogP contribution < -0.4 is 11.2 Å². The number of rotatable bonds is 2. The van der Waals surface area contributed by atoms with Crippen LogP contribution in [0.1, 0.15) is 31.1 Å². The number of amides is 2. The molecule has 2 rings (SSSR count). The molecule has 0 saturated carbocycles. The van der Waals surface area contributed by atoms with Crippen LogP contribution in [0.4, 0.5) is 14.9 Å². The first kappa shape index (κ1) is 19.5. The molecule has 7 nitrogen and oxygen atoms in total. The first-order valence-corrected chi connectivity index (χ1v) is 8.64. The number of piperazine rings is 1. The average Bonchev–Trinajstić information content (AvgIpc) is 2.44. The van der Waals surface area contributed by atoms with Crippen LogP contribution in [0.15, 0.2) is 16.6 Å². The van der Waals surface area contributed by atoms with Gasteiger partial charge in [0.05, 0.1) is 5.56 Å². The molecular formula is C16H22BrFN4O3. The van der Waals surface area contributed by atoms with Gasteiger partial charge in [-0.15, -0.1) is 0 Å². The van der Waals surface area contributed by atoms with Crippen LogP contribution >= 0.6 is 15.9 Å². The summed E-state index contributed by atoms with van der Waals surface area (Å²) in [6, 6.07) is 2.66. The first-order chi connectivity index (χ1) is 11.6. The lowest BCUT2D eigenvalue weighted by Gasteiger charge is -2.35. The van der Waals surface area contributed by atoms with Crippen LogP contribution in [0.5, 0.6) is 0 Å². The molecule has 1 aliphatic rings. The Morgan fingerprint density at radius 1 is 1.24 bits per heavy atom. The summed E-state index contributed by atoms with van der Waals surface area (Å²) in [7, 11) is 0. The standard InChI is InChI=1S/C16H22BrFN4O3/c1-16(2,3)25-15(24)21-4-6-22(7-5-21)20-14(23)13-11(18)8-10(17)9-12(13)19/h8-9H,4-7,19H2,1-3H3,(H,20,23). The number of benzene rings is 1. The topological polar surface area (TPSA) is 87.9 Å². The van der Waals surface area contributed by atoms with Gasteiger partial charge < -0.3 is 15.4 Å². The second-order valence-electron chi connectivity index (χ2n) is 6.75. The third-order valence-electron chi connectivity index (χ3n) is 3.50. The van der Waals surface area contributed by atoms with Gasteiger partial charge >= 0.3 is 6.09 Å². The molecule has 0 aliphatic carbocycles. The van der Waals surface area contributed by atoms with E-state index < -0.39 is 17.3 Å². The van der Waals surface area contributed by atoms with Gasteiger partial charge in [0.1, 0.15) is 11.4 Å². The number of carbonyl (C=O) groups excluding carboxylic acids is 2. The number of nitrogens with one attached hydrogen (secondary N) is 1. The van der Waals surface area contributed by atoms with Crippen LogP contribution in [-0.2, 0) is 4.74 Å². The third-order valence-corrected chi connectivity index (χ3v) is 3.96. The fraction of sp³-hybridized carbons (Fsp3) is 0.500. The molecule has 0 radical (unpaired) electrons. The highest BCUT2D eigenvalue weighted by Crippen LogP contribution is 2.22. The highest BCUT2D eigenvalue weighted by atomic mass is 79.9. The molecular weight excluding hydrogens is 395 g/mol. The molecule has 25 heavy (non-hydrogen) atoms. The van der Waals surface area contributed by atoms with E-state index in [9.17, 15) is 14.0 Å². The van der Waals surface area contributed by atoms with Gasteiger partial charge in [0.25, 0.3) is 5.91 Å². The number of hydrogen-bond donors (Lipinski definition) is 2. The zero-order valence-electron chi connectivity index (χ0n) is 14.4. The minimum atomic E-state index is -0.697. The summed E-state index contributed by atoms with van der Waals surface area (Å²) >= 11 is 3.12. The number of nitrogens with zero attached hydrogens (tertiary/aromatic N) is 2. The number of hydrazine groups is 1. The van der Waals surface area contributed by atoms with Crippen molar-refractivity contribution in [1.29, 1.82) is 0 Å². The van der Waals surface area contributed by atoms with Gasteiger partial charge in [-0.2, -0.15) is 0 Å². The van der Waals surface area contributed by atoms with Crippen molar-refractivity contribution in [3.05, 3.63) is 28.0 Å². The Morgan fingerprint density at radius 2 is 1.84 bits per heavy atom. The smallest absolute Gasteiger partial charge is 0.410 e. The molecule has 0 bridgehead atoms. The van der Waals surface area contributed by atoms with Gasteiger partial charge in [0, 0.05) is 36.3 Å². The van der Waals surface area contributed by atoms with Crippen LogP contribution in [0.3, 0.4) is 0 Å². The van der Waals surface area contributed by atoms with Crippen molar-refractivity contribution in [2.24, 2.45) is 0 Å². The van der Waals surface area contributed by atoms with Crippen molar-refractivity contribution >= 4 is 33.6 Å². The highest BCUT2D eigenvalue weighted by molar-refractivity contribution is 9.10. The number of carbonyl (C=O) groups is 2. The number of anilines is 1. The summed E-state index contributed by atoms with van der Waals surface area (Å²) in [4.78, 5) is 25.9. The monoisotopic (exact) mass is 416 g/mol. The van der Waals surface area contributed by atoms with Crippen LogP contribution in [0.2, 0.25) is 0 Å². The summed E-state index contributed by atoms with van der Waals surface area (Å²) < 4.78 is 19.8. The van der Waals surface area contributed by atoms with Gasteiger partial charge in [-0.1, -0.05) is 15.9 Å². The molecule has 1 fully saturated rings. The molecule has 0 atom stereocenters. The first-order valence-electron chi connectivity index (χ1n) is 7.85. The van der Waals surface area contributed by atoms with E-state index in [2.05, 4.69) is 21.4 Å². The second-order valence-corrected chi connectivity index (χ2v) is 7.66. The Labute approximate surface area is 154 Å². The van der Waals surface area contributed by atoms with E-state index in [1.54, 1.807) is 30.7 Å². The van der Waals surface area contributed by atoms with Gasteiger partial charge in [-0.3, -0.25) is 10.2 Å². The van der Waals surface area contributed by atoms with Gasteiger partial charge in [-0.25, -0.2) is 14.2 Å². The van der Waals surface area contributed by atoms with Crippen molar-refractivity contribution in [2.75, 3.05) is 31.9 Å². The SMILES string of the molecule is CC(C)(C)OC(=O)N1CCN(NC(=O)c2c(N)cc(Br)cc2F)CC1. The Balaban J connectivity index is 1.92. The number of halogens is 2. The van der Waals surface area contributed by atoms with Crippen LogP contribution in [0, 0.1) is 5.82 Å². The highest BCUT2D eigenvalue weighted by Gasteiger charge is 2.27. The van der Waals surface area contributed by atoms with E-state index in [1.807, 2.05) is 0 Å². The fourth-order valence-corrected chi connectivity index (χ4v) is 2.81. The molecule has 0 unspecified atom stereocenters. The number of hydrogen-bond acceptors (Lipinski definition) is 5. The van der Waals surface area contributed by atoms with E-state index >= 15 is 0 Å². The van der Waals surface area contributed by atoms with Crippen molar-refractivity contribution in [2.45, 2.75) is 26.4 Å². The Kier molecular flexibility index (Phi) is 5.89. The van der Waals surface area contributed by atoms with E-state index in [0.29, 0.717) is 30.7 Å². The van der Waals surface area contributed by atoms with E-state index in [4.69, 9.17) is 10.5 Å². The molecule has 3 N–H and O–H groups in total. The summed E-state index contributed by atoms with van der Waals surface area (Å²) in [5, 5.41) is 1.63. The minimum absolute atomic E-state index is 0.0526. The average molecular weight is 417 g/mol. The maximum atomic E-state index is 14.0. The number of ether oxygens (including phenoxy) is 1. The zero-order valence-corrected chi connectivity index (χ0v) is 16.0. The minimum Gasteiger partial charge on any atom is -0.444 e. The number of nitrogens with two attached hydrogens (primary N) is 1. The molecule has 0 aromatic heterocycles. The summed E-state index contributed by atoms with van der Waals surface area (Å²) in [6.45, 7) is 7.02. The molecule has 0 spiro atoms. The van der Waals surface area contributed by atoms with Crippen LogP contribution in [0.25, 0.3) is 0 Å². The number of nitrogen functional groups attached to an aromatic ring is 1. The van der Waals surface area contributed by atoms with Crippen LogP contribution in [-0.4, -0.2) is 53.7 Å². The molecule has 1 aromatic rings. The van der Waals surface area contributed by atoms with Gasteiger partial charge in [-0.05, 0) is 32.9 Å². The normalized spacial score (nSPS) is 15.8. The molecule has 1 saturated heterocycles. The maximum Gasteiger partial charge on any atom is 0.410 e. The van der Waals surface area contributed by atoms with E-state index in [1.165, 1.54) is 12.1 Å². The second kappa shape index (κ2) is 7.57. The molecule has 1 aliphatic heterocycles. The lowest BCUT2D eigenvalue weighted by atomic mass is 10.1. The van der Waals surface area contributed by atoms with Gasteiger partial charge in [0.2, 0.25) is 0 Å². The molecule has 2 amide bonds. The molecule has 1 aromatic carbocycles. The molecule has 9 heteroatoms. The Bertz CT molecular complexity index is 647. The van der Waals surface area contributed by atoms with E-state index in [-0.39, 0.29) is 17.3 Å².